The first-order valence-electron chi connectivity index (χ1n) is 3.58. The van der Waals surface area contributed by atoms with Crippen molar-refractivity contribution in [1.82, 2.24) is 4.98 Å². The van der Waals surface area contributed by atoms with Gasteiger partial charge in [0.15, 0.2) is 4.98 Å². The first-order chi connectivity index (χ1) is 6.24. The van der Waals surface area contributed by atoms with E-state index in [9.17, 15) is 5.11 Å². The average molecular weight is 195 g/mol. The highest BCUT2D eigenvalue weighted by Crippen LogP contribution is 2.38. The molecule has 4 nitrogen and oxygen atoms in total. The van der Waals surface area contributed by atoms with Gasteiger partial charge in [-0.25, -0.2) is 0 Å². The molecule has 64 valence electrons. The first-order valence-corrected chi connectivity index (χ1v) is 3.96. The van der Waals surface area contributed by atoms with E-state index >= 15 is 0 Å². The predicted molar refractivity (Wildman–Crippen MR) is 49.7 cm³/mol. The summed E-state index contributed by atoms with van der Waals surface area (Å²) in [5.74, 6) is -0.189. The highest BCUT2D eigenvalue weighted by atomic mass is 35.5. The number of rotatable bonds is 0. The molecule has 0 bridgehead atoms. The quantitative estimate of drug-likeness (QED) is 0.633. The minimum atomic E-state index is -0.189. The number of diazo groups is 1. The lowest BCUT2D eigenvalue weighted by molar-refractivity contribution is 0.461. The van der Waals surface area contributed by atoms with Gasteiger partial charge in [-0.3, -0.25) is 0 Å². The zero-order chi connectivity index (χ0) is 9.42. The van der Waals surface area contributed by atoms with E-state index in [1.54, 1.807) is 18.2 Å². The summed E-state index contributed by atoms with van der Waals surface area (Å²) in [7, 11) is 0. The van der Waals surface area contributed by atoms with Crippen molar-refractivity contribution < 1.29 is 5.11 Å². The minimum absolute atomic E-state index is 0.0700. The average Bonchev–Trinajstić information content (AvgIpc) is 2.42. The van der Waals surface area contributed by atoms with Gasteiger partial charge in [0, 0.05) is 0 Å². The molecule has 2 rings (SSSR count). The fraction of sp³-hybridized carbons (Fsp3) is 0. The van der Waals surface area contributed by atoms with Crippen LogP contribution in [0, 0.1) is 5.39 Å². The van der Waals surface area contributed by atoms with E-state index in [0.717, 1.165) is 0 Å². The van der Waals surface area contributed by atoms with E-state index in [1.807, 2.05) is 0 Å². The second kappa shape index (κ2) is 2.64. The van der Waals surface area contributed by atoms with Gasteiger partial charge in [0.25, 0.3) is 5.88 Å². The first kappa shape index (κ1) is 7.90. The molecule has 0 fully saturated rings. The maximum Gasteiger partial charge on any atom is 0.454 e. The molecule has 1 heterocycles. The van der Waals surface area contributed by atoms with E-state index in [1.165, 1.54) is 0 Å². The van der Waals surface area contributed by atoms with Crippen molar-refractivity contribution in [3.05, 3.63) is 28.2 Å². The van der Waals surface area contributed by atoms with Crippen molar-refractivity contribution in [3.63, 3.8) is 0 Å². The highest BCUT2D eigenvalue weighted by molar-refractivity contribution is 6.36. The third kappa shape index (κ3) is 1.02. The number of nitrogens with zero attached hydrogens (tertiary/aromatic N) is 2. The number of hydrogen-bond acceptors (Lipinski definition) is 2. The van der Waals surface area contributed by atoms with Crippen LogP contribution in [0.15, 0.2) is 18.2 Å². The lowest BCUT2D eigenvalue weighted by atomic mass is 10.2. The van der Waals surface area contributed by atoms with Gasteiger partial charge in [0.1, 0.15) is 5.39 Å². The Morgan fingerprint density at radius 1 is 1.46 bits per heavy atom. The summed E-state index contributed by atoms with van der Waals surface area (Å²) in [6, 6.07) is 5.13. The Balaban J connectivity index is 2.99. The van der Waals surface area contributed by atoms with Crippen LogP contribution in [0.25, 0.3) is 15.9 Å². The van der Waals surface area contributed by atoms with Gasteiger partial charge in [-0.1, -0.05) is 17.7 Å². The van der Waals surface area contributed by atoms with E-state index in [0.29, 0.717) is 15.9 Å². The van der Waals surface area contributed by atoms with Gasteiger partial charge in [-0.2, -0.15) is 0 Å². The number of aromatic amines is 1. The van der Waals surface area contributed by atoms with Gasteiger partial charge in [0.2, 0.25) is 5.39 Å². The number of nitrogens with one attached hydrogen (secondary N) is 1. The Hall–Kier alpha value is -1.73. The number of halogens is 1. The molecule has 0 aliphatic carbocycles. The normalized spacial score (nSPS) is 10.2. The summed E-state index contributed by atoms with van der Waals surface area (Å²) in [5, 5.41) is 18.9. The topological polar surface area (TPSA) is 64.2 Å². The third-order valence-corrected chi connectivity index (χ3v) is 2.14. The largest absolute Gasteiger partial charge is 0.489 e. The molecule has 0 spiro atoms. The number of hydrogen-bond donors (Lipinski definition) is 2. The Labute approximate surface area is 78.4 Å². The van der Waals surface area contributed by atoms with E-state index in [-0.39, 0.29) is 11.6 Å². The highest BCUT2D eigenvalue weighted by Gasteiger charge is 2.23. The van der Waals surface area contributed by atoms with Crippen LogP contribution >= 0.6 is 11.6 Å². The molecular formula is C8H5ClN3O+. The molecule has 1 aromatic carbocycles. The molecule has 13 heavy (non-hydrogen) atoms. The van der Waals surface area contributed by atoms with Gasteiger partial charge in [-0.05, 0) is 12.1 Å². The second-order valence-corrected chi connectivity index (χ2v) is 2.99. The number of benzene rings is 1. The van der Waals surface area contributed by atoms with Crippen molar-refractivity contribution >= 4 is 28.2 Å². The van der Waals surface area contributed by atoms with Crippen LogP contribution in [0.3, 0.4) is 0 Å². The molecule has 0 aliphatic heterocycles. The monoisotopic (exact) mass is 194 g/mol. The smallest absolute Gasteiger partial charge is 0.454 e. The van der Waals surface area contributed by atoms with Crippen LogP contribution in [0.4, 0.5) is 5.69 Å². The predicted octanol–water partition coefficient (Wildman–Crippen LogP) is 3.01. The fourth-order valence-corrected chi connectivity index (χ4v) is 1.54. The number of aromatic nitrogens is 1. The Morgan fingerprint density at radius 2 is 2.23 bits per heavy atom. The van der Waals surface area contributed by atoms with Gasteiger partial charge in [-0.15, -0.1) is 0 Å². The van der Waals surface area contributed by atoms with E-state index in [2.05, 4.69) is 9.96 Å². The molecule has 0 atom stereocenters. The van der Waals surface area contributed by atoms with Crippen molar-refractivity contribution in [2.45, 2.75) is 0 Å². The minimum Gasteiger partial charge on any atom is -0.489 e. The molecule has 2 N–H and O–H groups in total. The Kier molecular flexibility index (Phi) is 1.61. The maximum atomic E-state index is 9.29. The molecule has 2 aromatic rings. The molecular weight excluding hydrogens is 190 g/mol. The van der Waals surface area contributed by atoms with E-state index in [4.69, 9.17) is 17.0 Å². The molecule has 0 saturated carbocycles. The standard InChI is InChI=1S/C8H4ClN3O/c9-4-2-1-3-5-6(4)7(12-10)8(13)11-5/h1-3,10H/p+1. The third-order valence-electron chi connectivity index (χ3n) is 1.83. The summed E-state index contributed by atoms with van der Waals surface area (Å²) in [4.78, 5) is 5.59. The maximum absolute atomic E-state index is 9.29. The molecule has 0 radical (unpaired) electrons. The van der Waals surface area contributed by atoms with Crippen LogP contribution in [0.5, 0.6) is 5.88 Å². The zero-order valence-electron chi connectivity index (χ0n) is 6.45. The van der Waals surface area contributed by atoms with E-state index < -0.39 is 0 Å². The lowest BCUT2D eigenvalue weighted by Gasteiger charge is -1.87. The summed E-state index contributed by atoms with van der Waals surface area (Å²) >= 11 is 5.85. The Bertz CT molecular complexity index is 512. The summed E-state index contributed by atoms with van der Waals surface area (Å²) in [6.45, 7) is 0. The summed E-state index contributed by atoms with van der Waals surface area (Å²) in [5.41, 5.74) is 0.707. The van der Waals surface area contributed by atoms with Crippen molar-refractivity contribution in [2.75, 3.05) is 0 Å². The fourth-order valence-electron chi connectivity index (χ4n) is 1.27. The van der Waals surface area contributed by atoms with Crippen LogP contribution in [-0.4, -0.2) is 10.1 Å². The lowest BCUT2D eigenvalue weighted by Crippen LogP contribution is -1.67. The number of fused-ring (bicyclic) bond motifs is 1. The number of aromatic hydroxyl groups is 1. The van der Waals surface area contributed by atoms with Crippen molar-refractivity contribution in [2.24, 2.45) is 0 Å². The molecule has 0 unspecified atom stereocenters. The number of H-pyrrole nitrogens is 1. The van der Waals surface area contributed by atoms with Crippen molar-refractivity contribution in [3.8, 4) is 5.88 Å². The van der Waals surface area contributed by atoms with Crippen molar-refractivity contribution in [1.29, 1.82) is 5.39 Å². The van der Waals surface area contributed by atoms with Crippen LogP contribution < -0.4 is 0 Å². The molecule has 0 saturated heterocycles. The van der Waals surface area contributed by atoms with Gasteiger partial charge in [0.05, 0.1) is 10.5 Å². The Morgan fingerprint density at radius 3 is 2.92 bits per heavy atom. The summed E-state index contributed by atoms with van der Waals surface area (Å²) < 4.78 is 0. The van der Waals surface area contributed by atoms with Crippen LogP contribution in [-0.2, 0) is 0 Å². The molecule has 0 amide bonds. The molecule has 5 heteroatoms. The van der Waals surface area contributed by atoms with Gasteiger partial charge < -0.3 is 10.1 Å². The molecule has 0 aliphatic rings. The van der Waals surface area contributed by atoms with Crippen LogP contribution in [0.1, 0.15) is 0 Å². The SMILES string of the molecule is N#[N+]c1c(O)[nH]c2cccc(Cl)c12. The van der Waals surface area contributed by atoms with Gasteiger partial charge >= 0.3 is 5.69 Å². The molecule has 1 aromatic heterocycles. The van der Waals surface area contributed by atoms with Crippen LogP contribution in [0.2, 0.25) is 5.02 Å². The summed E-state index contributed by atoms with van der Waals surface area (Å²) in [6.07, 6.45) is 0. The zero-order valence-corrected chi connectivity index (χ0v) is 7.21. The second-order valence-electron chi connectivity index (χ2n) is 2.58.